The summed E-state index contributed by atoms with van der Waals surface area (Å²) in [5, 5.41) is 3.44. The summed E-state index contributed by atoms with van der Waals surface area (Å²) in [5.74, 6) is 1.18. The molecule has 0 bridgehead atoms. The zero-order valence-electron chi connectivity index (χ0n) is 11.8. The Hall–Kier alpha value is -1.47. The van der Waals surface area contributed by atoms with Crippen molar-refractivity contribution >= 4 is 34.8 Å². The van der Waals surface area contributed by atoms with Crippen molar-refractivity contribution in [1.82, 2.24) is 19.9 Å². The van der Waals surface area contributed by atoms with E-state index in [4.69, 9.17) is 11.6 Å². The molecular weight excluding hydrogens is 308 g/mol. The van der Waals surface area contributed by atoms with Gasteiger partial charge in [-0.15, -0.1) is 11.3 Å². The van der Waals surface area contributed by atoms with Crippen molar-refractivity contribution in [1.29, 1.82) is 0 Å². The first-order valence-electron chi connectivity index (χ1n) is 7.02. The van der Waals surface area contributed by atoms with Crippen molar-refractivity contribution in [3.8, 4) is 0 Å². The number of piperidine rings is 1. The Balaban J connectivity index is 1.73. The monoisotopic (exact) mass is 324 g/mol. The van der Waals surface area contributed by atoms with Gasteiger partial charge >= 0.3 is 0 Å². The Morgan fingerprint density at radius 1 is 1.24 bits per heavy atom. The normalized spacial score (nSPS) is 15.2. The summed E-state index contributed by atoms with van der Waals surface area (Å²) in [4.78, 5) is 20.4. The molecule has 1 fully saturated rings. The smallest absolute Gasteiger partial charge is 0.231 e. The predicted octanol–water partition coefficient (Wildman–Crippen LogP) is 2.89. The van der Waals surface area contributed by atoms with Crippen molar-refractivity contribution in [3.63, 3.8) is 0 Å². The standard InChI is InChI=1S/C13H17ClN6S/c1-9-10(21-8-16-9)7-15-12-17-11(14)18-13(19-12)20-5-3-2-4-6-20/h8H,2-7H2,1H3,(H,15,17,18,19). The van der Waals surface area contributed by atoms with Gasteiger partial charge < -0.3 is 10.2 Å². The lowest BCUT2D eigenvalue weighted by atomic mass is 10.1. The highest BCUT2D eigenvalue weighted by Crippen LogP contribution is 2.19. The molecule has 112 valence electrons. The van der Waals surface area contributed by atoms with Crippen LogP contribution >= 0.6 is 22.9 Å². The first-order valence-corrected chi connectivity index (χ1v) is 8.27. The van der Waals surface area contributed by atoms with E-state index in [1.807, 2.05) is 12.4 Å². The van der Waals surface area contributed by atoms with Gasteiger partial charge in [0.25, 0.3) is 0 Å². The van der Waals surface area contributed by atoms with Crippen LogP contribution in [0.3, 0.4) is 0 Å². The zero-order chi connectivity index (χ0) is 14.7. The Morgan fingerprint density at radius 3 is 2.76 bits per heavy atom. The molecule has 0 spiro atoms. The summed E-state index contributed by atoms with van der Waals surface area (Å²) in [7, 11) is 0. The van der Waals surface area contributed by atoms with Crippen LogP contribution < -0.4 is 10.2 Å². The second-order valence-corrected chi connectivity index (χ2v) is 6.27. The van der Waals surface area contributed by atoms with Gasteiger partial charge in [-0.1, -0.05) is 0 Å². The van der Waals surface area contributed by atoms with Crippen LogP contribution in [0.2, 0.25) is 5.28 Å². The third-order valence-electron chi connectivity index (χ3n) is 3.49. The van der Waals surface area contributed by atoms with E-state index >= 15 is 0 Å². The van der Waals surface area contributed by atoms with Gasteiger partial charge in [-0.3, -0.25) is 0 Å². The van der Waals surface area contributed by atoms with E-state index in [9.17, 15) is 0 Å². The molecule has 1 saturated heterocycles. The van der Waals surface area contributed by atoms with Crippen LogP contribution in [0.5, 0.6) is 0 Å². The lowest BCUT2D eigenvalue weighted by Gasteiger charge is -2.26. The van der Waals surface area contributed by atoms with E-state index in [1.165, 1.54) is 24.1 Å². The largest absolute Gasteiger partial charge is 0.349 e. The third-order valence-corrected chi connectivity index (χ3v) is 4.59. The molecule has 0 aromatic carbocycles. The molecular formula is C13H17ClN6S. The zero-order valence-corrected chi connectivity index (χ0v) is 13.4. The molecule has 8 heteroatoms. The molecule has 21 heavy (non-hydrogen) atoms. The van der Waals surface area contributed by atoms with Crippen molar-refractivity contribution in [3.05, 3.63) is 21.4 Å². The molecule has 0 radical (unpaired) electrons. The number of anilines is 2. The van der Waals surface area contributed by atoms with Crippen molar-refractivity contribution in [2.45, 2.75) is 32.7 Å². The second-order valence-electron chi connectivity index (χ2n) is 4.99. The lowest BCUT2D eigenvalue weighted by Crippen LogP contribution is -2.31. The maximum absolute atomic E-state index is 6.02. The van der Waals surface area contributed by atoms with E-state index in [1.54, 1.807) is 11.3 Å². The van der Waals surface area contributed by atoms with Gasteiger partial charge in [0.1, 0.15) is 0 Å². The molecule has 0 amide bonds. The first kappa shape index (κ1) is 14.5. The summed E-state index contributed by atoms with van der Waals surface area (Å²) in [5.41, 5.74) is 2.87. The maximum atomic E-state index is 6.02. The van der Waals surface area contributed by atoms with Crippen LogP contribution in [0.15, 0.2) is 5.51 Å². The number of thiazole rings is 1. The third kappa shape index (κ3) is 3.59. The van der Waals surface area contributed by atoms with Crippen molar-refractivity contribution in [2.24, 2.45) is 0 Å². The van der Waals surface area contributed by atoms with E-state index in [0.29, 0.717) is 18.4 Å². The number of hydrogen-bond acceptors (Lipinski definition) is 7. The van der Waals surface area contributed by atoms with Crippen LogP contribution in [0.4, 0.5) is 11.9 Å². The molecule has 0 atom stereocenters. The number of halogens is 1. The minimum absolute atomic E-state index is 0.231. The topological polar surface area (TPSA) is 66.8 Å². The van der Waals surface area contributed by atoms with Crippen LogP contribution in [0.25, 0.3) is 0 Å². The van der Waals surface area contributed by atoms with Crippen molar-refractivity contribution in [2.75, 3.05) is 23.3 Å². The molecule has 1 aliphatic heterocycles. The molecule has 1 N–H and O–H groups in total. The highest BCUT2D eigenvalue weighted by atomic mass is 35.5. The molecule has 1 aliphatic rings. The highest BCUT2D eigenvalue weighted by Gasteiger charge is 2.15. The maximum Gasteiger partial charge on any atom is 0.231 e. The van der Waals surface area contributed by atoms with Gasteiger partial charge in [-0.05, 0) is 37.8 Å². The SMILES string of the molecule is Cc1ncsc1CNc1nc(Cl)nc(N2CCCCC2)n1. The first-order chi connectivity index (χ1) is 10.2. The van der Waals surface area contributed by atoms with Gasteiger partial charge in [0.15, 0.2) is 0 Å². The fraction of sp³-hybridized carbons (Fsp3) is 0.538. The Bertz CT molecular complexity index is 610. The Morgan fingerprint density at radius 2 is 2.05 bits per heavy atom. The minimum Gasteiger partial charge on any atom is -0.349 e. The van der Waals surface area contributed by atoms with E-state index < -0.39 is 0 Å². The van der Waals surface area contributed by atoms with Crippen LogP contribution in [0.1, 0.15) is 29.8 Å². The minimum atomic E-state index is 0.231. The molecule has 3 rings (SSSR count). The molecule has 6 nitrogen and oxygen atoms in total. The van der Waals surface area contributed by atoms with E-state index in [2.05, 4.69) is 30.2 Å². The molecule has 0 unspecified atom stereocenters. The summed E-state index contributed by atoms with van der Waals surface area (Å²) in [6.07, 6.45) is 3.61. The quantitative estimate of drug-likeness (QED) is 0.932. The summed E-state index contributed by atoms with van der Waals surface area (Å²) in [6, 6.07) is 0. The van der Waals surface area contributed by atoms with Gasteiger partial charge in [0.2, 0.25) is 17.2 Å². The number of nitrogens with zero attached hydrogens (tertiary/aromatic N) is 5. The number of hydrogen-bond donors (Lipinski definition) is 1. The van der Waals surface area contributed by atoms with Crippen LogP contribution in [-0.2, 0) is 6.54 Å². The average molecular weight is 325 g/mol. The van der Waals surface area contributed by atoms with Crippen molar-refractivity contribution < 1.29 is 0 Å². The Labute approximate surface area is 132 Å². The van der Waals surface area contributed by atoms with E-state index in [0.717, 1.165) is 18.8 Å². The fourth-order valence-electron chi connectivity index (χ4n) is 2.31. The average Bonchev–Trinajstić information content (AvgIpc) is 2.91. The number of nitrogens with one attached hydrogen (secondary N) is 1. The number of rotatable bonds is 4. The highest BCUT2D eigenvalue weighted by molar-refractivity contribution is 7.09. The van der Waals surface area contributed by atoms with Gasteiger partial charge in [-0.2, -0.15) is 15.0 Å². The molecule has 2 aromatic rings. The summed E-state index contributed by atoms with van der Waals surface area (Å²) >= 11 is 7.64. The molecule has 2 aromatic heterocycles. The van der Waals surface area contributed by atoms with Gasteiger partial charge in [-0.25, -0.2) is 4.98 Å². The predicted molar refractivity (Wildman–Crippen MR) is 85.1 cm³/mol. The van der Waals surface area contributed by atoms with E-state index in [-0.39, 0.29) is 5.28 Å². The summed E-state index contributed by atoms with van der Waals surface area (Å²) in [6.45, 7) is 4.60. The van der Waals surface area contributed by atoms with Crippen LogP contribution in [-0.4, -0.2) is 33.0 Å². The van der Waals surface area contributed by atoms with Gasteiger partial charge in [0, 0.05) is 18.0 Å². The Kier molecular flexibility index (Phi) is 4.50. The summed E-state index contributed by atoms with van der Waals surface area (Å²) < 4.78 is 0. The molecule has 0 aliphatic carbocycles. The number of aryl methyl sites for hydroxylation is 1. The molecule has 3 heterocycles. The fourth-order valence-corrected chi connectivity index (χ4v) is 3.18. The number of aromatic nitrogens is 4. The molecule has 0 saturated carbocycles. The lowest BCUT2D eigenvalue weighted by molar-refractivity contribution is 0.567. The van der Waals surface area contributed by atoms with Crippen LogP contribution in [0, 0.1) is 6.92 Å². The van der Waals surface area contributed by atoms with Gasteiger partial charge in [0.05, 0.1) is 17.7 Å². The second kappa shape index (κ2) is 6.53.